The van der Waals surface area contributed by atoms with Gasteiger partial charge in [0.2, 0.25) is 0 Å². The molecule has 0 aromatic heterocycles. The summed E-state index contributed by atoms with van der Waals surface area (Å²) in [5.41, 5.74) is 0. The molecular weight excluding hydrogens is 206 g/mol. The Morgan fingerprint density at radius 3 is 1.12 bits per heavy atom. The summed E-state index contributed by atoms with van der Waals surface area (Å²) >= 11 is -0.739. The van der Waals surface area contributed by atoms with E-state index < -0.39 is 20.2 Å². The quantitative estimate of drug-likeness (QED) is 0.631. The van der Waals surface area contributed by atoms with Crippen molar-refractivity contribution in [3.63, 3.8) is 0 Å². The van der Waals surface area contributed by atoms with E-state index in [2.05, 4.69) is 32.6 Å². The van der Waals surface area contributed by atoms with Gasteiger partial charge in [0.25, 0.3) is 0 Å². The third-order valence-corrected chi connectivity index (χ3v) is 10.9. The van der Waals surface area contributed by atoms with Crippen LogP contribution in [-0.2, 0) is 0 Å². The van der Waals surface area contributed by atoms with E-state index in [9.17, 15) is 0 Å². The molecule has 0 aromatic carbocycles. The normalized spacial score (nSPS) is 12.0. The predicted octanol–water partition coefficient (Wildman–Crippen LogP) is 2.93. The Balaban J connectivity index is 3.46. The SMILES string of the molecule is C[CH](C)[Sb]([CH3])[CH](C)C. The van der Waals surface area contributed by atoms with E-state index in [4.69, 9.17) is 0 Å². The van der Waals surface area contributed by atoms with Crippen LogP contribution in [0, 0.1) is 0 Å². The van der Waals surface area contributed by atoms with E-state index in [-0.39, 0.29) is 0 Å². The molecule has 0 unspecified atom stereocenters. The first-order valence-electron chi connectivity index (χ1n) is 3.27. The number of rotatable bonds is 2. The van der Waals surface area contributed by atoms with E-state index in [0.29, 0.717) is 0 Å². The first-order valence-corrected chi connectivity index (χ1v) is 8.77. The molecule has 1 heteroatoms. The Morgan fingerprint density at radius 1 is 0.875 bits per heavy atom. The van der Waals surface area contributed by atoms with Crippen LogP contribution in [0.3, 0.4) is 0 Å². The summed E-state index contributed by atoms with van der Waals surface area (Å²) in [5, 5.41) is 0. The molecule has 0 rings (SSSR count). The van der Waals surface area contributed by atoms with Crippen LogP contribution in [0.25, 0.3) is 0 Å². The molecule has 0 amide bonds. The summed E-state index contributed by atoms with van der Waals surface area (Å²) in [6.07, 6.45) is 0. The van der Waals surface area contributed by atoms with E-state index >= 15 is 0 Å². The van der Waals surface area contributed by atoms with Crippen molar-refractivity contribution in [2.75, 3.05) is 0 Å². The maximum atomic E-state index is 2.50. The summed E-state index contributed by atoms with van der Waals surface area (Å²) in [4.78, 5) is 2.50. The second-order valence-electron chi connectivity index (χ2n) is 2.85. The summed E-state index contributed by atoms with van der Waals surface area (Å²) in [7, 11) is 0. The van der Waals surface area contributed by atoms with Gasteiger partial charge in [-0.2, -0.15) is 0 Å². The molecule has 0 radical (unpaired) electrons. The van der Waals surface area contributed by atoms with Gasteiger partial charge in [-0.3, -0.25) is 0 Å². The second-order valence-corrected chi connectivity index (χ2v) is 12.5. The van der Waals surface area contributed by atoms with Crippen LogP contribution in [0.5, 0.6) is 0 Å². The van der Waals surface area contributed by atoms with Crippen LogP contribution in [0.1, 0.15) is 27.7 Å². The van der Waals surface area contributed by atoms with Gasteiger partial charge in [-0.1, -0.05) is 0 Å². The molecule has 0 aliphatic rings. The minimum atomic E-state index is -0.739. The van der Waals surface area contributed by atoms with Crippen LogP contribution >= 0.6 is 0 Å². The third-order valence-electron chi connectivity index (χ3n) is 1.63. The van der Waals surface area contributed by atoms with Crippen molar-refractivity contribution in [2.24, 2.45) is 0 Å². The van der Waals surface area contributed by atoms with Crippen LogP contribution in [-0.4, -0.2) is 20.2 Å². The Kier molecular flexibility index (Phi) is 4.16. The van der Waals surface area contributed by atoms with Gasteiger partial charge in [-0.25, -0.2) is 0 Å². The number of hydrogen-bond donors (Lipinski definition) is 0. The fourth-order valence-electron chi connectivity index (χ4n) is 0.596. The van der Waals surface area contributed by atoms with Crippen molar-refractivity contribution < 1.29 is 0 Å². The molecule has 0 N–H and O–H groups in total. The van der Waals surface area contributed by atoms with Gasteiger partial charge in [0, 0.05) is 0 Å². The number of hydrogen-bond acceptors (Lipinski definition) is 0. The third kappa shape index (κ3) is 2.97. The van der Waals surface area contributed by atoms with Gasteiger partial charge in [0.15, 0.2) is 0 Å². The minimum absolute atomic E-state index is 0.739. The van der Waals surface area contributed by atoms with Gasteiger partial charge in [0.1, 0.15) is 0 Å². The molecule has 0 spiro atoms. The van der Waals surface area contributed by atoms with Gasteiger partial charge >= 0.3 is 60.5 Å². The standard InChI is InChI=1S/2C3H7.CH3.Sb/c2*1-3-2;;/h2*3H,1-2H3;1H3;. The Morgan fingerprint density at radius 2 is 1.12 bits per heavy atom. The first-order chi connectivity index (χ1) is 3.55. The van der Waals surface area contributed by atoms with Gasteiger partial charge in [-0.15, -0.1) is 0 Å². The van der Waals surface area contributed by atoms with Crippen LogP contribution in [0.4, 0.5) is 0 Å². The van der Waals surface area contributed by atoms with Crippen molar-refractivity contribution in [2.45, 2.75) is 40.3 Å². The fraction of sp³-hybridized carbons (Fsp3) is 1.00. The van der Waals surface area contributed by atoms with E-state index in [1.807, 2.05) is 0 Å². The predicted molar refractivity (Wildman–Crippen MR) is 41.8 cm³/mol. The molecule has 0 saturated heterocycles. The molecule has 0 bridgehead atoms. The van der Waals surface area contributed by atoms with E-state index in [1.54, 1.807) is 0 Å². The fourth-order valence-corrected chi connectivity index (χ4v) is 4.00. The summed E-state index contributed by atoms with van der Waals surface area (Å²) in [6.45, 7) is 9.46. The average molecular weight is 223 g/mol. The molecule has 0 aliphatic carbocycles. The van der Waals surface area contributed by atoms with E-state index in [1.165, 1.54) is 0 Å². The summed E-state index contributed by atoms with van der Waals surface area (Å²) < 4.78 is 2.05. The Labute approximate surface area is 60.6 Å². The zero-order valence-corrected chi connectivity index (χ0v) is 9.15. The molecule has 0 aromatic rings. The van der Waals surface area contributed by atoms with Crippen LogP contribution < -0.4 is 0 Å². The second kappa shape index (κ2) is 3.77. The average Bonchev–Trinajstić information content (AvgIpc) is 1.64. The van der Waals surface area contributed by atoms with Crippen molar-refractivity contribution in [3.8, 4) is 0 Å². The maximum absolute atomic E-state index is 2.50. The van der Waals surface area contributed by atoms with Crippen molar-refractivity contribution >= 4 is 20.2 Å². The topological polar surface area (TPSA) is 0 Å². The molecular formula is C7H17Sb. The summed E-state index contributed by atoms with van der Waals surface area (Å²) in [5.74, 6) is 0. The molecule has 50 valence electrons. The Bertz CT molecular complexity index is 49.4. The Hall–Kier alpha value is 0.818. The van der Waals surface area contributed by atoms with Crippen molar-refractivity contribution in [3.05, 3.63) is 0 Å². The van der Waals surface area contributed by atoms with Gasteiger partial charge < -0.3 is 0 Å². The van der Waals surface area contributed by atoms with Gasteiger partial charge in [-0.05, 0) is 0 Å². The monoisotopic (exact) mass is 222 g/mol. The molecule has 0 nitrogen and oxygen atoms in total. The first kappa shape index (κ1) is 8.82. The molecule has 8 heavy (non-hydrogen) atoms. The van der Waals surface area contributed by atoms with E-state index in [0.717, 1.165) is 7.73 Å². The molecule has 0 atom stereocenters. The van der Waals surface area contributed by atoms with Gasteiger partial charge in [0.05, 0.1) is 0 Å². The summed E-state index contributed by atoms with van der Waals surface area (Å²) in [6, 6.07) is 0. The molecule has 0 saturated carbocycles. The zero-order chi connectivity index (χ0) is 6.73. The molecule has 0 fully saturated rings. The van der Waals surface area contributed by atoms with Crippen LogP contribution in [0.15, 0.2) is 0 Å². The molecule has 0 heterocycles. The van der Waals surface area contributed by atoms with Crippen molar-refractivity contribution in [1.29, 1.82) is 0 Å². The molecule has 0 aliphatic heterocycles. The van der Waals surface area contributed by atoms with Crippen molar-refractivity contribution in [1.82, 2.24) is 0 Å². The van der Waals surface area contributed by atoms with Crippen LogP contribution in [0.2, 0.25) is 12.6 Å². The zero-order valence-electron chi connectivity index (χ0n) is 6.60.